The summed E-state index contributed by atoms with van der Waals surface area (Å²) in [7, 11) is 18.0. The first-order valence-corrected chi connectivity index (χ1v) is 42.4. The van der Waals surface area contributed by atoms with Crippen LogP contribution in [0.15, 0.2) is 24.8 Å². The Bertz CT molecular complexity index is 3520. The van der Waals surface area contributed by atoms with Gasteiger partial charge in [0, 0.05) is 236 Å². The number of aryl methyl sites for hydroxylation is 4. The molecule has 0 spiro atoms. The molecular weight excluding hydrogens is 2040 g/mol. The van der Waals surface area contributed by atoms with Crippen LogP contribution in [0.5, 0.6) is 0 Å². The molecule has 4 atom stereocenters. The van der Waals surface area contributed by atoms with E-state index in [0.29, 0.717) is 126 Å². The molecule has 12 radical (unpaired) electrons. The molecule has 48 nitrogen and oxygen atoms in total. The zero-order valence-corrected chi connectivity index (χ0v) is 89.2. The Kier molecular flexibility index (Phi) is 84.6. The number of ether oxygens (including phenoxy) is 4. The van der Waals surface area contributed by atoms with Gasteiger partial charge in [-0.15, -0.1) is 20.4 Å². The third-order valence-electron chi connectivity index (χ3n) is 17.9. The van der Waals surface area contributed by atoms with Crippen molar-refractivity contribution < 1.29 is 226 Å². The van der Waals surface area contributed by atoms with Crippen LogP contribution < -0.4 is 86.7 Å². The number of nitrogens with zero attached hydrogens (tertiary/aromatic N) is 12. The van der Waals surface area contributed by atoms with Crippen molar-refractivity contribution in [2.24, 2.45) is 28.3 Å². The van der Waals surface area contributed by atoms with E-state index >= 15 is 0 Å². The molecule has 0 aliphatic carbocycles. The molecule has 0 aliphatic heterocycles. The van der Waals surface area contributed by atoms with Crippen LogP contribution in [0.1, 0.15) is 179 Å². The average molecular weight is 2170 g/mol. The van der Waals surface area contributed by atoms with Crippen LogP contribution in [0.25, 0.3) is 0 Å². The molecule has 4 heterocycles. The van der Waals surface area contributed by atoms with Crippen LogP contribution >= 0.6 is 0 Å². The Morgan fingerprint density at radius 2 is 0.481 bits per heavy atom. The van der Waals surface area contributed by atoms with Gasteiger partial charge in [0.25, 0.3) is 0 Å². The molecule has 4 rings (SSSR count). The van der Waals surface area contributed by atoms with Gasteiger partial charge in [-0.3, -0.25) is 76.7 Å². The Morgan fingerprint density at radius 1 is 0.301 bits per heavy atom. The van der Waals surface area contributed by atoms with Crippen molar-refractivity contribution >= 4 is 126 Å². The summed E-state index contributed by atoms with van der Waals surface area (Å²) >= 11 is 0. The second-order valence-corrected chi connectivity index (χ2v) is 28.7. The van der Waals surface area contributed by atoms with Crippen molar-refractivity contribution in [3.8, 4) is 0 Å². The molecule has 4 aromatic heterocycles. The monoisotopic (exact) mass is 2170 g/mol. The first-order chi connectivity index (χ1) is 61.8. The molecular formula is C77H132B4N28O20Y4. The Morgan fingerprint density at radius 3 is 0.654 bits per heavy atom. The number of carbonyl (C=O) groups is 16. The Balaban J connectivity index is -0.00000442. The fraction of sp³-hybridized carbons (Fsp3) is 0.688. The van der Waals surface area contributed by atoms with E-state index < -0.39 is 76.8 Å². The van der Waals surface area contributed by atoms with Crippen LogP contribution in [0, 0.1) is 5.41 Å². The van der Waals surface area contributed by atoms with Gasteiger partial charge in [0.15, 0.2) is 0 Å². The van der Waals surface area contributed by atoms with E-state index in [1.54, 1.807) is 24.8 Å². The van der Waals surface area contributed by atoms with E-state index in [1.165, 1.54) is 73.7 Å². The molecule has 16 amide bonds. The summed E-state index contributed by atoms with van der Waals surface area (Å²) in [5, 5.41) is 64.8. The maximum atomic E-state index is 13.3. The van der Waals surface area contributed by atoms with Crippen molar-refractivity contribution in [3.63, 3.8) is 0 Å². The van der Waals surface area contributed by atoms with Crippen molar-refractivity contribution in [2.75, 3.05) is 79.0 Å². The quantitative estimate of drug-likeness (QED) is 0.0145. The van der Waals surface area contributed by atoms with Crippen molar-refractivity contribution in [1.82, 2.24) is 124 Å². The first kappa shape index (κ1) is 134. The van der Waals surface area contributed by atoms with E-state index in [4.69, 9.17) is 41.9 Å². The van der Waals surface area contributed by atoms with Crippen LogP contribution in [0.2, 0.25) is 27.3 Å². The number of hydrogen-bond acceptors (Lipinski definition) is 28. The van der Waals surface area contributed by atoms with Crippen LogP contribution in [0.4, 0.5) is 0 Å². The smallest absolute Gasteiger partial charge is 0.239 e. The predicted octanol–water partition coefficient (Wildman–Crippen LogP) is -5.30. The summed E-state index contributed by atoms with van der Waals surface area (Å²) in [6.07, 6.45) is 12.5. The molecule has 0 saturated heterocycles. The molecule has 20 N–H and O–H groups in total. The normalized spacial score (nSPS) is 11.2. The van der Waals surface area contributed by atoms with E-state index in [0.717, 1.165) is 0 Å². The van der Waals surface area contributed by atoms with Gasteiger partial charge in [-0.25, -0.2) is 18.7 Å². The number of amides is 16. The van der Waals surface area contributed by atoms with E-state index in [2.05, 4.69) is 136 Å². The van der Waals surface area contributed by atoms with Gasteiger partial charge in [-0.2, -0.15) is 0 Å². The van der Waals surface area contributed by atoms with E-state index in [-0.39, 0.29) is 335 Å². The minimum atomic E-state index is -1.24. The van der Waals surface area contributed by atoms with E-state index in [1.807, 2.05) is 0 Å². The molecule has 0 saturated carbocycles. The standard InChI is InChI=1S/C73H120N28O20.4CH3B.4Y/c1-49(102)86-57(69(74)114)13-5-9-29-78-61(106)21-17-53-37-98(94-90-53)45-82-65(110)25-33-118-41-73(42-119-34-26-66(111)83-46-99-38-54(91-95-99)18-22-62(107)79-30-10-6-14-58(70(75)115)87-50(2)103,43-120-35-27-67(112)84-47-100-39-55(92-96-100)19-23-63(108)80-31-11-7-15-59(71(76)116)88-51(3)104)44-121-36-28-68(113)85-48-101-40-56(93-97-101)20-24-64(109)81-32-12-8-16-60(72(77)117)89-52(4)105;4*1-2;;;;/h37-40,57-60H,5-36,41-48H2,1-4H3,(H2,74,114)(H2,75,115)(H2,76,116)(H2,77,117)(H,78,106)(H,79,107)(H,80,108)(H,81,109)(H,82,110)(H,83,111)(H,84,112)(H,85,113)(H,86,102)(H,87,103)(H,88,104)(H,89,105);4*1H3;;;;/t57-,58-,59-,60-;;;;;;;;/m0......../s1. The third kappa shape index (κ3) is 69.1. The first-order valence-electron chi connectivity index (χ1n) is 42.4. The third-order valence-corrected chi connectivity index (χ3v) is 17.9. The molecule has 0 aliphatic rings. The van der Waals surface area contributed by atoms with Crippen LogP contribution in [-0.4, -0.2) is 289 Å². The summed E-state index contributed by atoms with van der Waals surface area (Å²) in [5.41, 5.74) is 22.1. The van der Waals surface area contributed by atoms with Crippen molar-refractivity contribution in [2.45, 2.75) is 260 Å². The summed E-state index contributed by atoms with van der Waals surface area (Å²) in [5.74, 6) is -6.87. The number of nitrogens with one attached hydrogen (secondary N) is 12. The molecule has 0 aromatic carbocycles. The molecule has 56 heteroatoms. The minimum Gasteiger partial charge on any atom is -0.380 e. The number of nitrogens with two attached hydrogens (primary N) is 4. The van der Waals surface area contributed by atoms with E-state index in [9.17, 15) is 76.7 Å². The van der Waals surface area contributed by atoms with Crippen molar-refractivity contribution in [3.05, 3.63) is 47.6 Å². The van der Waals surface area contributed by atoms with Gasteiger partial charge in [-0.1, -0.05) is 48.1 Å². The predicted molar refractivity (Wildman–Crippen MR) is 471 cm³/mol. The van der Waals surface area contributed by atoms with Gasteiger partial charge in [0.05, 0.1) is 163 Å². The van der Waals surface area contributed by atoms with Gasteiger partial charge in [-0.05, 0) is 77.0 Å². The van der Waals surface area contributed by atoms with Gasteiger partial charge < -0.3 is 106 Å². The topological polar surface area (TPSA) is 681 Å². The molecule has 0 bridgehead atoms. The number of rotatable bonds is 68. The fourth-order valence-electron chi connectivity index (χ4n) is 11.5. The van der Waals surface area contributed by atoms with Gasteiger partial charge in [0.2, 0.25) is 94.5 Å². The zero-order chi connectivity index (χ0) is 96.7. The van der Waals surface area contributed by atoms with Gasteiger partial charge in [0.1, 0.15) is 50.8 Å². The average Bonchev–Trinajstić information content (AvgIpc) is 1.67. The molecule has 0 fully saturated rings. The number of primary amides is 4. The summed E-state index contributed by atoms with van der Waals surface area (Å²) in [4.78, 5) is 196. The largest absolute Gasteiger partial charge is 0.380 e. The molecule has 4 aromatic rings. The second kappa shape index (κ2) is 83.9. The Hall–Kier alpha value is -7.40. The van der Waals surface area contributed by atoms with Crippen molar-refractivity contribution in [1.29, 1.82) is 0 Å². The minimum absolute atomic E-state index is 0. The van der Waals surface area contributed by atoms with Crippen LogP contribution in [-0.2, 0) is 279 Å². The Labute approximate surface area is 882 Å². The summed E-state index contributed by atoms with van der Waals surface area (Å²) in [6, 6.07) is -3.22. The molecule has 133 heavy (non-hydrogen) atoms. The zero-order valence-electron chi connectivity index (χ0n) is 77.9. The number of carbonyl (C=O) groups excluding carboxylic acids is 16. The molecule has 0 unspecified atom stereocenters. The fourth-order valence-corrected chi connectivity index (χ4v) is 11.5. The summed E-state index contributed by atoms with van der Waals surface area (Å²) in [6.45, 7) is 10.8. The maximum Gasteiger partial charge on any atom is 0.239 e. The SMILES string of the molecule is CC(=O)N[C@@H](CCCCNC(=O)CCc1cn(CNC(=O)CCOCC(COCCC(=O)NCn2cc(CCC(=O)NCCCC[C@H](NC(C)=O)C(N)=O)nn2)(COCCC(=O)NCn2cc(CCC(=O)NCCCC[C@H](NC(C)=O)C(N)=O)nn2)COCCC(=O)NCn2cc(CCC(=O)NCCCC[C@H](NC(C)=O)C(N)=O)nn2)nn1)C(N)=O.[B]C.[B]C.[B]C.[B]C.[Y].[Y].[Y].[Y]. The second-order valence-electron chi connectivity index (χ2n) is 28.7. The number of aromatic nitrogens is 12. The summed E-state index contributed by atoms with van der Waals surface area (Å²) < 4.78 is 30.2. The molecule has 724 valence electrons. The number of hydrogen-bond donors (Lipinski definition) is 16. The van der Waals surface area contributed by atoms with Crippen LogP contribution in [0.3, 0.4) is 0 Å². The number of unbranched alkanes of at least 4 members (excludes halogenated alkanes) is 4. The van der Waals surface area contributed by atoms with Gasteiger partial charge >= 0.3 is 0 Å². The maximum absolute atomic E-state index is 13.3.